The molecule has 0 aliphatic carbocycles. The molecule has 1 aromatic carbocycles. The van der Waals surface area contributed by atoms with Gasteiger partial charge in [0.05, 0.1) is 5.52 Å². The van der Waals surface area contributed by atoms with E-state index in [1.807, 2.05) is 36.4 Å². The summed E-state index contributed by atoms with van der Waals surface area (Å²) < 4.78 is 1.69. The molecule has 2 aromatic heterocycles. The smallest absolute Gasteiger partial charge is 0.150 e. The molecule has 70 valence electrons. The van der Waals surface area contributed by atoms with Crippen LogP contribution in [-0.2, 0) is 0 Å². The maximum absolute atomic E-state index is 9.11. The first-order valence-corrected chi connectivity index (χ1v) is 4.66. The lowest BCUT2D eigenvalue weighted by Crippen LogP contribution is -1.91. The van der Waals surface area contributed by atoms with Gasteiger partial charge in [0.2, 0.25) is 0 Å². The summed E-state index contributed by atoms with van der Waals surface area (Å²) in [5.41, 5.74) is 1.57. The molecular weight excluding hydrogens is 186 g/mol. The van der Waals surface area contributed by atoms with E-state index in [1.54, 1.807) is 10.7 Å². The second-order valence-corrected chi connectivity index (χ2v) is 3.33. The minimum Gasteiger partial charge on any atom is -0.222 e. The zero-order valence-corrected chi connectivity index (χ0v) is 7.88. The monoisotopic (exact) mass is 193 g/mol. The van der Waals surface area contributed by atoms with Crippen LogP contribution in [0.2, 0.25) is 0 Å². The summed E-state index contributed by atoms with van der Waals surface area (Å²) in [5, 5.41) is 15.3. The first-order chi connectivity index (χ1) is 7.42. The minimum atomic E-state index is 0.598. The Balaban J connectivity index is 2.70. The van der Waals surface area contributed by atoms with E-state index in [4.69, 9.17) is 5.26 Å². The maximum atomic E-state index is 9.11. The van der Waals surface area contributed by atoms with Crippen LogP contribution < -0.4 is 0 Å². The van der Waals surface area contributed by atoms with Crippen LogP contribution in [0, 0.1) is 11.3 Å². The highest BCUT2D eigenvalue weighted by molar-refractivity contribution is 6.00. The van der Waals surface area contributed by atoms with E-state index in [2.05, 4.69) is 11.2 Å². The van der Waals surface area contributed by atoms with Crippen LogP contribution >= 0.6 is 0 Å². The van der Waals surface area contributed by atoms with Crippen LogP contribution in [0.1, 0.15) is 5.69 Å². The second kappa shape index (κ2) is 2.82. The fraction of sp³-hybridized carbons (Fsp3) is 0. The third kappa shape index (κ3) is 0.960. The Kier molecular flexibility index (Phi) is 1.51. The van der Waals surface area contributed by atoms with Crippen LogP contribution in [0.25, 0.3) is 16.3 Å². The van der Waals surface area contributed by atoms with E-state index in [0.29, 0.717) is 5.69 Å². The molecule has 3 nitrogen and oxygen atoms in total. The SMILES string of the molecule is N#Cc1c2ccccc2c2cccnn12. The zero-order chi connectivity index (χ0) is 10.3. The van der Waals surface area contributed by atoms with Crippen molar-refractivity contribution in [2.75, 3.05) is 0 Å². The van der Waals surface area contributed by atoms with Gasteiger partial charge in [0.15, 0.2) is 5.69 Å². The lowest BCUT2D eigenvalue weighted by Gasteiger charge is -1.91. The molecule has 0 N–H and O–H groups in total. The molecule has 2 heterocycles. The van der Waals surface area contributed by atoms with Gasteiger partial charge in [-0.3, -0.25) is 0 Å². The Morgan fingerprint density at radius 1 is 1.07 bits per heavy atom. The number of benzene rings is 1. The van der Waals surface area contributed by atoms with Gasteiger partial charge in [-0.05, 0) is 12.1 Å². The summed E-state index contributed by atoms with van der Waals surface area (Å²) in [5.74, 6) is 0. The van der Waals surface area contributed by atoms with Crippen molar-refractivity contribution in [3.8, 4) is 6.07 Å². The predicted molar refractivity (Wildman–Crippen MR) is 57.4 cm³/mol. The highest BCUT2D eigenvalue weighted by atomic mass is 15.2. The molecule has 15 heavy (non-hydrogen) atoms. The number of hydrogen-bond donors (Lipinski definition) is 0. The summed E-state index contributed by atoms with van der Waals surface area (Å²) in [6.45, 7) is 0. The molecule has 0 atom stereocenters. The van der Waals surface area contributed by atoms with Gasteiger partial charge in [-0.1, -0.05) is 24.3 Å². The normalized spacial score (nSPS) is 10.6. The van der Waals surface area contributed by atoms with Crippen LogP contribution in [0.5, 0.6) is 0 Å². The van der Waals surface area contributed by atoms with E-state index >= 15 is 0 Å². The Morgan fingerprint density at radius 3 is 2.67 bits per heavy atom. The average Bonchev–Trinajstić information content (AvgIpc) is 2.63. The second-order valence-electron chi connectivity index (χ2n) is 3.33. The third-order valence-corrected chi connectivity index (χ3v) is 2.53. The Labute approximate surface area is 86.2 Å². The summed E-state index contributed by atoms with van der Waals surface area (Å²) in [4.78, 5) is 0. The number of nitriles is 1. The molecule has 0 aliphatic heterocycles. The van der Waals surface area contributed by atoms with Crippen molar-refractivity contribution in [1.29, 1.82) is 5.26 Å². The van der Waals surface area contributed by atoms with E-state index in [-0.39, 0.29) is 0 Å². The van der Waals surface area contributed by atoms with Gasteiger partial charge in [0.1, 0.15) is 6.07 Å². The lowest BCUT2D eigenvalue weighted by atomic mass is 10.2. The fourth-order valence-corrected chi connectivity index (χ4v) is 1.89. The van der Waals surface area contributed by atoms with Gasteiger partial charge in [0.25, 0.3) is 0 Å². The van der Waals surface area contributed by atoms with Gasteiger partial charge < -0.3 is 0 Å². The van der Waals surface area contributed by atoms with E-state index in [9.17, 15) is 0 Å². The van der Waals surface area contributed by atoms with E-state index in [1.165, 1.54) is 0 Å². The molecule has 3 heteroatoms. The van der Waals surface area contributed by atoms with Crippen molar-refractivity contribution in [1.82, 2.24) is 9.61 Å². The highest BCUT2D eigenvalue weighted by Gasteiger charge is 2.09. The Bertz CT molecular complexity index is 635. The van der Waals surface area contributed by atoms with Gasteiger partial charge in [-0.25, -0.2) is 4.52 Å². The van der Waals surface area contributed by atoms with Crippen molar-refractivity contribution >= 4 is 16.3 Å². The third-order valence-electron chi connectivity index (χ3n) is 2.53. The highest BCUT2D eigenvalue weighted by Crippen LogP contribution is 2.24. The Morgan fingerprint density at radius 2 is 1.87 bits per heavy atom. The molecule has 0 unspecified atom stereocenters. The Hall–Kier alpha value is -2.34. The van der Waals surface area contributed by atoms with Crippen LogP contribution in [-0.4, -0.2) is 9.61 Å². The molecule has 0 fully saturated rings. The molecule has 3 rings (SSSR count). The summed E-state index contributed by atoms with van der Waals surface area (Å²) >= 11 is 0. The topological polar surface area (TPSA) is 41.1 Å². The van der Waals surface area contributed by atoms with Gasteiger partial charge in [-0.15, -0.1) is 0 Å². The molecule has 0 bridgehead atoms. The summed E-state index contributed by atoms with van der Waals surface area (Å²) in [6, 6.07) is 13.9. The van der Waals surface area contributed by atoms with E-state index in [0.717, 1.165) is 16.3 Å². The molecule has 0 saturated carbocycles. The number of rotatable bonds is 0. The largest absolute Gasteiger partial charge is 0.222 e. The van der Waals surface area contributed by atoms with E-state index < -0.39 is 0 Å². The van der Waals surface area contributed by atoms with Crippen LogP contribution in [0.3, 0.4) is 0 Å². The van der Waals surface area contributed by atoms with Crippen molar-refractivity contribution in [2.45, 2.75) is 0 Å². The maximum Gasteiger partial charge on any atom is 0.150 e. The van der Waals surface area contributed by atoms with Gasteiger partial charge in [0, 0.05) is 17.0 Å². The molecule has 0 amide bonds. The molecule has 0 spiro atoms. The van der Waals surface area contributed by atoms with Crippen molar-refractivity contribution in [3.05, 3.63) is 48.3 Å². The lowest BCUT2D eigenvalue weighted by molar-refractivity contribution is 0.929. The summed E-state index contributed by atoms with van der Waals surface area (Å²) in [7, 11) is 0. The van der Waals surface area contributed by atoms with Crippen LogP contribution in [0.4, 0.5) is 0 Å². The van der Waals surface area contributed by atoms with Crippen LogP contribution in [0.15, 0.2) is 42.6 Å². The first-order valence-electron chi connectivity index (χ1n) is 4.66. The van der Waals surface area contributed by atoms with Crippen molar-refractivity contribution in [3.63, 3.8) is 0 Å². The molecule has 0 radical (unpaired) electrons. The van der Waals surface area contributed by atoms with Crippen molar-refractivity contribution < 1.29 is 0 Å². The number of fused-ring (bicyclic) bond motifs is 3. The average molecular weight is 193 g/mol. The zero-order valence-electron chi connectivity index (χ0n) is 7.88. The minimum absolute atomic E-state index is 0.598. The number of aromatic nitrogens is 2. The summed E-state index contributed by atoms with van der Waals surface area (Å²) in [6.07, 6.45) is 1.69. The standard InChI is InChI=1S/C12H7N3/c13-8-12-10-5-2-1-4-9(10)11-6-3-7-14-15(11)12/h1-7H. The van der Waals surface area contributed by atoms with Gasteiger partial charge >= 0.3 is 0 Å². The quantitative estimate of drug-likeness (QED) is 0.550. The van der Waals surface area contributed by atoms with Crippen molar-refractivity contribution in [2.24, 2.45) is 0 Å². The molecule has 3 aromatic rings. The molecule has 0 saturated heterocycles. The molecular formula is C12H7N3. The van der Waals surface area contributed by atoms with Gasteiger partial charge in [-0.2, -0.15) is 10.4 Å². The number of nitrogens with zero attached hydrogens (tertiary/aromatic N) is 3. The first kappa shape index (κ1) is 8.01. The predicted octanol–water partition coefficient (Wildman–Crippen LogP) is 2.36. The number of hydrogen-bond acceptors (Lipinski definition) is 2. The fourth-order valence-electron chi connectivity index (χ4n) is 1.89. The molecule has 0 aliphatic rings.